The maximum Gasteiger partial charge on any atom is 0.196 e. The maximum absolute atomic E-state index is 8.79. The van der Waals surface area contributed by atoms with E-state index in [1.807, 2.05) is 6.07 Å². The molecule has 0 fully saturated rings. The minimum absolute atomic E-state index is 0.330. The van der Waals surface area contributed by atoms with Crippen molar-refractivity contribution in [2.75, 3.05) is 11.5 Å². The highest BCUT2D eigenvalue weighted by molar-refractivity contribution is 7.99. The van der Waals surface area contributed by atoms with E-state index in [-0.39, 0.29) is 0 Å². The van der Waals surface area contributed by atoms with Gasteiger partial charge in [-0.05, 0) is 30.0 Å². The number of nitrogens with zero attached hydrogens (tertiary/aromatic N) is 3. The van der Waals surface area contributed by atoms with Crippen molar-refractivity contribution in [2.45, 2.75) is 10.1 Å². The van der Waals surface area contributed by atoms with E-state index in [9.17, 15) is 0 Å². The first kappa shape index (κ1) is 11.2. The number of benzene rings is 1. The van der Waals surface area contributed by atoms with Gasteiger partial charge < -0.3 is 11.5 Å². The summed E-state index contributed by atoms with van der Waals surface area (Å²) in [6.07, 6.45) is 0. The summed E-state index contributed by atoms with van der Waals surface area (Å²) in [7, 11) is 0. The maximum atomic E-state index is 8.79. The van der Waals surface area contributed by atoms with Crippen molar-refractivity contribution < 1.29 is 0 Å². The number of rotatable bonds is 2. The smallest absolute Gasteiger partial charge is 0.196 e. The summed E-state index contributed by atoms with van der Waals surface area (Å²) in [5.41, 5.74) is 11.7. The molecule has 0 atom stereocenters. The molecule has 0 bridgehead atoms. The lowest BCUT2D eigenvalue weighted by Crippen LogP contribution is -1.98. The van der Waals surface area contributed by atoms with Crippen molar-refractivity contribution in [3.63, 3.8) is 0 Å². The first-order chi connectivity index (χ1) is 8.17. The molecule has 5 nitrogen and oxygen atoms in total. The molecule has 0 aliphatic rings. The third kappa shape index (κ3) is 2.86. The van der Waals surface area contributed by atoms with Gasteiger partial charge in [0.2, 0.25) is 0 Å². The van der Waals surface area contributed by atoms with Gasteiger partial charge in [-0.1, -0.05) is 6.07 Å². The average molecular weight is 243 g/mol. The van der Waals surface area contributed by atoms with Gasteiger partial charge in [-0.3, -0.25) is 0 Å². The summed E-state index contributed by atoms with van der Waals surface area (Å²) in [4.78, 5) is 8.97. The van der Waals surface area contributed by atoms with E-state index in [0.29, 0.717) is 22.4 Å². The fourth-order valence-corrected chi connectivity index (χ4v) is 2.09. The standard InChI is InChI=1S/C11H9N5S/c12-6-7-2-1-3-8(4-7)17-11-15-9(13)5-10(14)16-11/h1-5H,(H4,13,14,15,16). The summed E-state index contributed by atoms with van der Waals surface area (Å²) < 4.78 is 0. The Labute approximate surface area is 102 Å². The fourth-order valence-electron chi connectivity index (χ4n) is 1.24. The van der Waals surface area contributed by atoms with Crippen LogP contribution in [0, 0.1) is 11.3 Å². The van der Waals surface area contributed by atoms with E-state index in [0.717, 1.165) is 4.90 Å². The second kappa shape index (κ2) is 4.72. The topological polar surface area (TPSA) is 102 Å². The second-order valence-electron chi connectivity index (χ2n) is 3.24. The van der Waals surface area contributed by atoms with Crippen LogP contribution >= 0.6 is 11.8 Å². The Morgan fingerprint density at radius 3 is 2.47 bits per heavy atom. The minimum Gasteiger partial charge on any atom is -0.383 e. The van der Waals surface area contributed by atoms with Crippen LogP contribution in [0.25, 0.3) is 0 Å². The van der Waals surface area contributed by atoms with Crippen molar-refractivity contribution in [1.29, 1.82) is 5.26 Å². The molecular formula is C11H9N5S. The summed E-state index contributed by atoms with van der Waals surface area (Å²) in [5, 5.41) is 9.26. The first-order valence-electron chi connectivity index (χ1n) is 4.75. The Morgan fingerprint density at radius 1 is 1.12 bits per heavy atom. The Bertz CT molecular complexity index is 570. The molecule has 1 aromatic carbocycles. The number of nitriles is 1. The summed E-state index contributed by atoms with van der Waals surface area (Å²) in [5.74, 6) is 0.660. The molecule has 2 aromatic rings. The van der Waals surface area contributed by atoms with Crippen molar-refractivity contribution in [3.8, 4) is 6.07 Å². The van der Waals surface area contributed by atoms with E-state index in [1.165, 1.54) is 17.8 Å². The number of hydrogen-bond acceptors (Lipinski definition) is 6. The van der Waals surface area contributed by atoms with E-state index >= 15 is 0 Å². The number of hydrogen-bond donors (Lipinski definition) is 2. The molecule has 2 rings (SSSR count). The molecule has 4 N–H and O–H groups in total. The van der Waals surface area contributed by atoms with E-state index in [2.05, 4.69) is 16.0 Å². The lowest BCUT2D eigenvalue weighted by atomic mass is 10.2. The van der Waals surface area contributed by atoms with Gasteiger partial charge in [-0.15, -0.1) is 0 Å². The monoisotopic (exact) mass is 243 g/mol. The van der Waals surface area contributed by atoms with Gasteiger partial charge in [-0.25, -0.2) is 9.97 Å². The van der Waals surface area contributed by atoms with Crippen molar-refractivity contribution >= 4 is 23.4 Å². The molecule has 0 saturated carbocycles. The van der Waals surface area contributed by atoms with Crippen LogP contribution in [0.4, 0.5) is 11.6 Å². The van der Waals surface area contributed by atoms with Crippen LogP contribution in [0.2, 0.25) is 0 Å². The van der Waals surface area contributed by atoms with Gasteiger partial charge >= 0.3 is 0 Å². The normalized spacial score (nSPS) is 9.82. The van der Waals surface area contributed by atoms with Gasteiger partial charge in [0.1, 0.15) is 11.6 Å². The molecule has 0 radical (unpaired) electrons. The van der Waals surface area contributed by atoms with Crippen LogP contribution in [0.5, 0.6) is 0 Å². The Hall–Kier alpha value is -2.26. The molecular weight excluding hydrogens is 234 g/mol. The zero-order valence-corrected chi connectivity index (χ0v) is 9.61. The largest absolute Gasteiger partial charge is 0.383 e. The number of nitrogens with two attached hydrogens (primary N) is 2. The Morgan fingerprint density at radius 2 is 1.82 bits per heavy atom. The van der Waals surface area contributed by atoms with Crippen molar-refractivity contribution in [3.05, 3.63) is 35.9 Å². The quantitative estimate of drug-likeness (QED) is 0.778. The third-order valence-corrected chi connectivity index (χ3v) is 2.77. The van der Waals surface area contributed by atoms with Gasteiger partial charge in [0, 0.05) is 11.0 Å². The highest BCUT2D eigenvalue weighted by Crippen LogP contribution is 2.26. The van der Waals surface area contributed by atoms with Crippen LogP contribution in [0.3, 0.4) is 0 Å². The first-order valence-corrected chi connectivity index (χ1v) is 5.57. The minimum atomic E-state index is 0.330. The number of anilines is 2. The predicted octanol–water partition coefficient (Wildman–Crippen LogP) is 1.66. The molecule has 0 spiro atoms. The zero-order chi connectivity index (χ0) is 12.3. The van der Waals surface area contributed by atoms with Gasteiger partial charge in [-0.2, -0.15) is 5.26 Å². The molecule has 17 heavy (non-hydrogen) atoms. The fraction of sp³-hybridized carbons (Fsp3) is 0. The molecule has 1 aromatic heterocycles. The lowest BCUT2D eigenvalue weighted by molar-refractivity contribution is 0.984. The second-order valence-corrected chi connectivity index (χ2v) is 4.28. The number of nitrogen functional groups attached to an aromatic ring is 2. The summed E-state index contributed by atoms with van der Waals surface area (Å²) in [6.45, 7) is 0. The van der Waals surface area contributed by atoms with E-state index in [4.69, 9.17) is 16.7 Å². The molecule has 0 unspecified atom stereocenters. The van der Waals surface area contributed by atoms with Crippen molar-refractivity contribution in [1.82, 2.24) is 9.97 Å². The average Bonchev–Trinajstić information content (AvgIpc) is 2.28. The number of aromatic nitrogens is 2. The van der Waals surface area contributed by atoms with Gasteiger partial charge in [0.15, 0.2) is 5.16 Å². The van der Waals surface area contributed by atoms with Crippen LogP contribution in [-0.4, -0.2) is 9.97 Å². The van der Waals surface area contributed by atoms with E-state index in [1.54, 1.807) is 18.2 Å². The molecule has 0 saturated heterocycles. The lowest BCUT2D eigenvalue weighted by Gasteiger charge is -2.02. The molecule has 0 amide bonds. The Balaban J connectivity index is 2.28. The summed E-state index contributed by atoms with van der Waals surface area (Å²) in [6, 6.07) is 10.7. The zero-order valence-electron chi connectivity index (χ0n) is 8.79. The summed E-state index contributed by atoms with van der Waals surface area (Å²) >= 11 is 1.31. The van der Waals surface area contributed by atoms with Crippen molar-refractivity contribution in [2.24, 2.45) is 0 Å². The SMILES string of the molecule is N#Cc1cccc(Sc2nc(N)cc(N)n2)c1. The predicted molar refractivity (Wildman–Crippen MR) is 66.1 cm³/mol. The Kier molecular flexibility index (Phi) is 3.12. The molecule has 0 aliphatic carbocycles. The highest BCUT2D eigenvalue weighted by Gasteiger charge is 2.03. The molecule has 0 aliphatic heterocycles. The molecule has 1 heterocycles. The van der Waals surface area contributed by atoms with Gasteiger partial charge in [0.25, 0.3) is 0 Å². The third-order valence-electron chi connectivity index (χ3n) is 1.92. The van der Waals surface area contributed by atoms with Crippen LogP contribution < -0.4 is 11.5 Å². The van der Waals surface area contributed by atoms with Crippen LogP contribution in [-0.2, 0) is 0 Å². The van der Waals surface area contributed by atoms with Crippen LogP contribution in [0.15, 0.2) is 40.4 Å². The molecule has 6 heteroatoms. The van der Waals surface area contributed by atoms with Crippen LogP contribution in [0.1, 0.15) is 5.56 Å². The van der Waals surface area contributed by atoms with E-state index < -0.39 is 0 Å². The highest BCUT2D eigenvalue weighted by atomic mass is 32.2. The van der Waals surface area contributed by atoms with Gasteiger partial charge in [0.05, 0.1) is 11.6 Å². The molecule has 84 valence electrons.